The minimum atomic E-state index is 0.450. The molecule has 1 aliphatic rings. The predicted molar refractivity (Wildman–Crippen MR) is 48.8 cm³/mol. The van der Waals surface area contributed by atoms with E-state index in [0.717, 1.165) is 18.2 Å². The molecule has 4 heteroatoms. The van der Waals surface area contributed by atoms with E-state index in [1.807, 2.05) is 0 Å². The predicted octanol–water partition coefficient (Wildman–Crippen LogP) is 0.985. The third-order valence-electron chi connectivity index (χ3n) is 2.03. The number of anilines is 1. The number of nitrogens with two attached hydrogens (primary N) is 1. The van der Waals surface area contributed by atoms with Crippen molar-refractivity contribution in [1.82, 2.24) is 9.97 Å². The second-order valence-electron chi connectivity index (χ2n) is 3.39. The van der Waals surface area contributed by atoms with E-state index in [-0.39, 0.29) is 0 Å². The maximum absolute atomic E-state index is 5.44. The molecule has 1 fully saturated rings. The maximum atomic E-state index is 5.44. The fraction of sp³-hybridized carbons (Fsp3) is 0.556. The molecule has 0 aromatic carbocycles. The van der Waals surface area contributed by atoms with Crippen LogP contribution in [0.15, 0.2) is 12.4 Å². The molecule has 1 aromatic heterocycles. The summed E-state index contributed by atoms with van der Waals surface area (Å²) in [7, 11) is 0. The van der Waals surface area contributed by atoms with E-state index in [1.165, 1.54) is 12.8 Å². The zero-order valence-corrected chi connectivity index (χ0v) is 7.44. The molecule has 70 valence electrons. The maximum Gasteiger partial charge on any atom is 0.141 e. The fourth-order valence-electron chi connectivity index (χ4n) is 1.05. The quantitative estimate of drug-likeness (QED) is 0.748. The Morgan fingerprint density at radius 1 is 1.38 bits per heavy atom. The van der Waals surface area contributed by atoms with Crippen LogP contribution in [0.1, 0.15) is 18.5 Å². The van der Waals surface area contributed by atoms with E-state index in [2.05, 4.69) is 9.97 Å². The topological polar surface area (TPSA) is 61.0 Å². The number of hydrogen-bond donors (Lipinski definition) is 1. The molecule has 13 heavy (non-hydrogen) atoms. The van der Waals surface area contributed by atoms with Crippen LogP contribution >= 0.6 is 0 Å². The van der Waals surface area contributed by atoms with Gasteiger partial charge in [0.25, 0.3) is 0 Å². The average Bonchev–Trinajstić information content (AvgIpc) is 2.92. The normalized spacial score (nSPS) is 16.0. The molecule has 0 bridgehead atoms. The van der Waals surface area contributed by atoms with Gasteiger partial charge in [-0.25, -0.2) is 4.98 Å². The smallest absolute Gasteiger partial charge is 0.141 e. The Labute approximate surface area is 77.1 Å². The van der Waals surface area contributed by atoms with E-state index in [1.54, 1.807) is 12.4 Å². The van der Waals surface area contributed by atoms with E-state index in [4.69, 9.17) is 10.5 Å². The van der Waals surface area contributed by atoms with E-state index in [9.17, 15) is 0 Å². The van der Waals surface area contributed by atoms with Crippen LogP contribution in [0.5, 0.6) is 0 Å². The molecule has 1 aromatic rings. The van der Waals surface area contributed by atoms with Crippen molar-refractivity contribution >= 4 is 5.82 Å². The molecule has 0 amide bonds. The van der Waals surface area contributed by atoms with Crippen LogP contribution in [-0.4, -0.2) is 16.6 Å². The Bertz CT molecular complexity index is 269. The number of aromatic nitrogens is 2. The summed E-state index contributed by atoms with van der Waals surface area (Å²) in [4.78, 5) is 8.01. The van der Waals surface area contributed by atoms with Crippen molar-refractivity contribution in [3.63, 3.8) is 0 Å². The van der Waals surface area contributed by atoms with Crippen LogP contribution in [0.2, 0.25) is 0 Å². The SMILES string of the molecule is Nc1cnc(COCC2CC2)cn1. The number of rotatable bonds is 4. The first kappa shape index (κ1) is 8.44. The zero-order chi connectivity index (χ0) is 9.10. The number of nitrogen functional groups attached to an aromatic ring is 1. The summed E-state index contributed by atoms with van der Waals surface area (Å²) in [5.74, 6) is 1.24. The second kappa shape index (κ2) is 3.70. The molecule has 0 saturated heterocycles. The summed E-state index contributed by atoms with van der Waals surface area (Å²) in [5, 5.41) is 0. The molecule has 0 spiro atoms. The molecule has 0 aliphatic heterocycles. The van der Waals surface area contributed by atoms with Crippen molar-refractivity contribution < 1.29 is 4.74 Å². The largest absolute Gasteiger partial charge is 0.382 e. The van der Waals surface area contributed by atoms with Gasteiger partial charge in [-0.3, -0.25) is 4.98 Å². The van der Waals surface area contributed by atoms with Gasteiger partial charge >= 0.3 is 0 Å². The highest BCUT2D eigenvalue weighted by molar-refractivity contribution is 5.22. The second-order valence-corrected chi connectivity index (χ2v) is 3.39. The van der Waals surface area contributed by atoms with Gasteiger partial charge in [0.1, 0.15) is 5.82 Å². The molecule has 2 N–H and O–H groups in total. The highest BCUT2D eigenvalue weighted by atomic mass is 16.5. The first-order chi connectivity index (χ1) is 6.34. The lowest BCUT2D eigenvalue weighted by Gasteiger charge is -2.01. The summed E-state index contributed by atoms with van der Waals surface area (Å²) in [6.45, 7) is 1.40. The van der Waals surface area contributed by atoms with Crippen molar-refractivity contribution in [3.8, 4) is 0 Å². The highest BCUT2D eigenvalue weighted by Gasteiger charge is 2.21. The first-order valence-corrected chi connectivity index (χ1v) is 4.49. The van der Waals surface area contributed by atoms with Crippen LogP contribution in [-0.2, 0) is 11.3 Å². The van der Waals surface area contributed by atoms with Gasteiger partial charge in [0.2, 0.25) is 0 Å². The van der Waals surface area contributed by atoms with Gasteiger partial charge in [-0.1, -0.05) is 0 Å². The molecule has 0 radical (unpaired) electrons. The zero-order valence-electron chi connectivity index (χ0n) is 7.44. The summed E-state index contributed by atoms with van der Waals surface area (Å²) >= 11 is 0. The van der Waals surface area contributed by atoms with Crippen molar-refractivity contribution in [1.29, 1.82) is 0 Å². The highest BCUT2D eigenvalue weighted by Crippen LogP contribution is 2.28. The van der Waals surface area contributed by atoms with E-state index in [0.29, 0.717) is 12.4 Å². The minimum Gasteiger partial charge on any atom is -0.382 e. The molecule has 1 saturated carbocycles. The van der Waals surface area contributed by atoms with E-state index < -0.39 is 0 Å². The van der Waals surface area contributed by atoms with Crippen LogP contribution in [0.4, 0.5) is 5.82 Å². The lowest BCUT2D eigenvalue weighted by atomic mass is 10.4. The Hall–Kier alpha value is -1.16. The average molecular weight is 179 g/mol. The molecular formula is C9H13N3O. The summed E-state index contributed by atoms with van der Waals surface area (Å²) in [6.07, 6.45) is 5.83. The summed E-state index contributed by atoms with van der Waals surface area (Å²) in [5.41, 5.74) is 6.24. The molecule has 2 rings (SSSR count). The van der Waals surface area contributed by atoms with Gasteiger partial charge in [0, 0.05) is 6.61 Å². The van der Waals surface area contributed by atoms with Gasteiger partial charge in [0.15, 0.2) is 0 Å². The van der Waals surface area contributed by atoms with Gasteiger partial charge < -0.3 is 10.5 Å². The lowest BCUT2D eigenvalue weighted by Crippen LogP contribution is -2.00. The van der Waals surface area contributed by atoms with Crippen LogP contribution in [0.3, 0.4) is 0 Å². The molecule has 0 unspecified atom stereocenters. The van der Waals surface area contributed by atoms with Gasteiger partial charge in [-0.15, -0.1) is 0 Å². The molecule has 0 atom stereocenters. The van der Waals surface area contributed by atoms with Crippen LogP contribution in [0, 0.1) is 5.92 Å². The Morgan fingerprint density at radius 3 is 2.85 bits per heavy atom. The van der Waals surface area contributed by atoms with Crippen molar-refractivity contribution in [2.75, 3.05) is 12.3 Å². The van der Waals surface area contributed by atoms with Crippen LogP contribution < -0.4 is 5.73 Å². The first-order valence-electron chi connectivity index (χ1n) is 4.49. The fourth-order valence-corrected chi connectivity index (χ4v) is 1.05. The summed E-state index contributed by atoms with van der Waals surface area (Å²) in [6, 6.07) is 0. The van der Waals surface area contributed by atoms with Gasteiger partial charge in [-0.05, 0) is 18.8 Å². The Kier molecular flexibility index (Phi) is 2.40. The molecule has 4 nitrogen and oxygen atoms in total. The minimum absolute atomic E-state index is 0.450. The van der Waals surface area contributed by atoms with Crippen molar-refractivity contribution in [2.45, 2.75) is 19.4 Å². The monoisotopic (exact) mass is 179 g/mol. The third kappa shape index (κ3) is 2.66. The standard InChI is InChI=1S/C9H13N3O/c10-9-4-11-8(3-12-9)6-13-5-7-1-2-7/h3-4,7H,1-2,5-6H2,(H2,10,12). The Balaban J connectivity index is 1.76. The third-order valence-corrected chi connectivity index (χ3v) is 2.03. The molecule has 1 aliphatic carbocycles. The summed E-state index contributed by atoms with van der Waals surface area (Å²) < 4.78 is 5.44. The van der Waals surface area contributed by atoms with E-state index >= 15 is 0 Å². The van der Waals surface area contributed by atoms with Crippen molar-refractivity contribution in [2.24, 2.45) is 5.92 Å². The van der Waals surface area contributed by atoms with Gasteiger partial charge in [0.05, 0.1) is 24.7 Å². The number of nitrogens with zero attached hydrogens (tertiary/aromatic N) is 2. The van der Waals surface area contributed by atoms with Crippen LogP contribution in [0.25, 0.3) is 0 Å². The number of hydrogen-bond acceptors (Lipinski definition) is 4. The van der Waals surface area contributed by atoms with Gasteiger partial charge in [-0.2, -0.15) is 0 Å². The number of ether oxygens (including phenoxy) is 1. The van der Waals surface area contributed by atoms with Crippen molar-refractivity contribution in [3.05, 3.63) is 18.1 Å². The Morgan fingerprint density at radius 2 is 2.23 bits per heavy atom. The molecule has 1 heterocycles. The molecular weight excluding hydrogens is 166 g/mol. The lowest BCUT2D eigenvalue weighted by molar-refractivity contribution is 0.108.